The Morgan fingerprint density at radius 1 is 0.592 bits per heavy atom. The normalized spacial score (nSPS) is 14.0. The molecule has 280 valence electrons. The third-order valence-corrected chi connectivity index (χ3v) is 6.39. The Bertz CT molecular complexity index is 1290. The van der Waals surface area contributed by atoms with Crippen molar-refractivity contribution < 1.29 is 84.8 Å². The number of halogens is 15. The van der Waals surface area contributed by atoms with E-state index < -0.39 is 62.3 Å². The van der Waals surface area contributed by atoms with Crippen molar-refractivity contribution in [3.05, 3.63) is 42.2 Å². The van der Waals surface area contributed by atoms with Crippen molar-refractivity contribution in [3.8, 4) is 17.1 Å². The van der Waals surface area contributed by atoms with Crippen LogP contribution in [0.2, 0.25) is 0 Å². The second kappa shape index (κ2) is 16.3. The summed E-state index contributed by atoms with van der Waals surface area (Å²) in [5, 5.41) is 0. The number of aryl methyl sites for hydroxylation is 1. The number of hydrogen-bond donors (Lipinski definition) is 0. The first-order chi connectivity index (χ1) is 22.4. The molecule has 49 heavy (non-hydrogen) atoms. The quantitative estimate of drug-likeness (QED) is 0.0938. The summed E-state index contributed by atoms with van der Waals surface area (Å²) >= 11 is 0. The van der Waals surface area contributed by atoms with E-state index in [0.717, 1.165) is 37.7 Å². The third-order valence-electron chi connectivity index (χ3n) is 6.39. The average Bonchev–Trinajstić information content (AvgIpc) is 2.97. The second-order valence-electron chi connectivity index (χ2n) is 10.4. The first kappa shape index (κ1) is 42.1. The van der Waals surface area contributed by atoms with Gasteiger partial charge in [-0.05, 0) is 42.7 Å². The Morgan fingerprint density at radius 3 is 1.67 bits per heavy atom. The highest BCUT2D eigenvalue weighted by molar-refractivity contribution is 5.55. The molecule has 0 aliphatic carbocycles. The van der Waals surface area contributed by atoms with E-state index in [1.54, 1.807) is 17.1 Å². The maximum absolute atomic E-state index is 13.7. The van der Waals surface area contributed by atoms with Gasteiger partial charge in [0, 0.05) is 18.0 Å². The molecule has 0 amide bonds. The van der Waals surface area contributed by atoms with Crippen LogP contribution in [0.4, 0.5) is 65.9 Å². The maximum Gasteiger partial charge on any atom is 0.460 e. The number of unbranched alkanes of at least 4 members (excludes halogenated alkanes) is 5. The molecule has 0 saturated carbocycles. The minimum Gasteiger partial charge on any atom is -0.491 e. The van der Waals surface area contributed by atoms with Gasteiger partial charge < -0.3 is 9.47 Å². The molecule has 0 N–H and O–H groups in total. The summed E-state index contributed by atoms with van der Waals surface area (Å²) < 4.78 is 209. The molecule has 21 heteroatoms. The van der Waals surface area contributed by atoms with Crippen molar-refractivity contribution in [1.82, 2.24) is 9.97 Å². The molecule has 0 atom stereocenters. The second-order valence-corrected chi connectivity index (χ2v) is 10.4. The summed E-state index contributed by atoms with van der Waals surface area (Å²) in [5.41, 5.74) is 1.53. The van der Waals surface area contributed by atoms with Crippen LogP contribution in [-0.2, 0) is 20.6 Å². The van der Waals surface area contributed by atoms with Crippen molar-refractivity contribution in [2.24, 2.45) is 0 Å². The number of ether oxygens (including phenoxy) is 4. The lowest BCUT2D eigenvalue weighted by Gasteiger charge is -2.36. The Labute approximate surface area is 268 Å². The topological polar surface area (TPSA) is 62.7 Å². The van der Waals surface area contributed by atoms with Crippen molar-refractivity contribution in [2.45, 2.75) is 94.3 Å². The van der Waals surface area contributed by atoms with E-state index in [9.17, 15) is 65.9 Å². The number of benzene rings is 1. The van der Waals surface area contributed by atoms with Gasteiger partial charge in [-0.2, -0.15) is 65.9 Å². The molecule has 1 aromatic carbocycles. The molecule has 0 saturated heterocycles. The van der Waals surface area contributed by atoms with Crippen molar-refractivity contribution in [1.29, 1.82) is 0 Å². The Balaban J connectivity index is 1.85. The third kappa shape index (κ3) is 11.2. The van der Waals surface area contributed by atoms with E-state index in [2.05, 4.69) is 26.4 Å². The highest BCUT2D eigenvalue weighted by atomic mass is 19.4. The maximum atomic E-state index is 13.7. The van der Waals surface area contributed by atoms with Crippen LogP contribution in [0.5, 0.6) is 5.75 Å². The fourth-order valence-electron chi connectivity index (χ4n) is 3.77. The van der Waals surface area contributed by atoms with E-state index in [-0.39, 0.29) is 5.75 Å². The number of rotatable bonds is 21. The van der Waals surface area contributed by atoms with Crippen LogP contribution in [0.15, 0.2) is 36.7 Å². The lowest BCUT2D eigenvalue weighted by Crippen LogP contribution is -2.64. The van der Waals surface area contributed by atoms with Gasteiger partial charge in [-0.3, -0.25) is 0 Å². The van der Waals surface area contributed by atoms with Crippen LogP contribution in [0.1, 0.15) is 51.0 Å². The van der Waals surface area contributed by atoms with Crippen molar-refractivity contribution in [3.63, 3.8) is 0 Å². The molecule has 0 aliphatic rings. The Morgan fingerprint density at radius 2 is 1.12 bits per heavy atom. The lowest BCUT2D eigenvalue weighted by molar-refractivity contribution is -0.543. The van der Waals surface area contributed by atoms with E-state index in [1.807, 2.05) is 0 Å². The molecule has 2 rings (SSSR count). The Kier molecular flexibility index (Phi) is 14.0. The van der Waals surface area contributed by atoms with Gasteiger partial charge in [-0.1, -0.05) is 39.0 Å². The van der Waals surface area contributed by atoms with Crippen molar-refractivity contribution >= 4 is 0 Å². The van der Waals surface area contributed by atoms with Crippen molar-refractivity contribution in [2.75, 3.05) is 19.8 Å². The first-order valence-electron chi connectivity index (χ1n) is 14.2. The molecule has 0 radical (unpaired) electrons. The molecule has 0 bridgehead atoms. The predicted octanol–water partition coefficient (Wildman–Crippen LogP) is 9.68. The summed E-state index contributed by atoms with van der Waals surface area (Å²) in [6, 6.07) is 5.89. The summed E-state index contributed by atoms with van der Waals surface area (Å²) in [6.07, 6.45) is -24.1. The monoisotopic (exact) mass is 742 g/mol. The molecule has 0 spiro atoms. The van der Waals surface area contributed by atoms with Gasteiger partial charge >= 0.3 is 42.5 Å². The fourth-order valence-corrected chi connectivity index (χ4v) is 3.77. The van der Waals surface area contributed by atoms with E-state index in [1.165, 1.54) is 37.1 Å². The van der Waals surface area contributed by atoms with E-state index in [4.69, 9.17) is 4.74 Å². The van der Waals surface area contributed by atoms with Crippen LogP contribution in [-0.4, -0.2) is 72.2 Å². The summed E-state index contributed by atoms with van der Waals surface area (Å²) in [4.78, 5) is 8.60. The molecule has 1 heterocycles. The zero-order valence-corrected chi connectivity index (χ0v) is 25.2. The van der Waals surface area contributed by atoms with E-state index >= 15 is 0 Å². The van der Waals surface area contributed by atoms with Gasteiger partial charge in [0.1, 0.15) is 19.0 Å². The van der Waals surface area contributed by atoms with Gasteiger partial charge in [0.2, 0.25) is 0 Å². The van der Waals surface area contributed by atoms with Gasteiger partial charge in [-0.25, -0.2) is 19.4 Å². The lowest BCUT2D eigenvalue weighted by atomic mass is 10.1. The Hall–Kier alpha value is -3.07. The molecule has 1 aromatic heterocycles. The molecular formula is C28H29F15N2O4. The van der Waals surface area contributed by atoms with E-state index in [0.29, 0.717) is 11.4 Å². The summed E-state index contributed by atoms with van der Waals surface area (Å²) in [5.74, 6) is -15.2. The number of nitrogens with zero attached hydrogens (tertiary/aromatic N) is 2. The van der Waals surface area contributed by atoms with Gasteiger partial charge in [0.25, 0.3) is 0 Å². The highest BCUT2D eigenvalue weighted by Crippen LogP contribution is 2.56. The van der Waals surface area contributed by atoms with Gasteiger partial charge in [-0.15, -0.1) is 0 Å². The molecular weight excluding hydrogens is 713 g/mol. The average molecular weight is 743 g/mol. The molecule has 2 aromatic rings. The number of aromatic nitrogens is 2. The SMILES string of the molecule is CCCCCCCCc1cnc(-c2ccc(OCCOCC(F)(F)OC(F)(F)C(F)(F)OC(F)(F)C(F)(F)C(F)(F)C(F)(F)F)cc2)nc1. The fraction of sp³-hybridized carbons (Fsp3) is 0.643. The van der Waals surface area contributed by atoms with Crippen LogP contribution in [0.3, 0.4) is 0 Å². The first-order valence-corrected chi connectivity index (χ1v) is 14.2. The highest BCUT2D eigenvalue weighted by Gasteiger charge is 2.85. The summed E-state index contributed by atoms with van der Waals surface area (Å²) in [6.45, 7) is -1.61. The largest absolute Gasteiger partial charge is 0.491 e. The zero-order valence-electron chi connectivity index (χ0n) is 25.2. The van der Waals surface area contributed by atoms with Gasteiger partial charge in [0.15, 0.2) is 5.82 Å². The van der Waals surface area contributed by atoms with Crippen LogP contribution >= 0.6 is 0 Å². The number of alkyl halides is 15. The molecule has 6 nitrogen and oxygen atoms in total. The van der Waals surface area contributed by atoms with Gasteiger partial charge in [0.05, 0.1) is 6.61 Å². The van der Waals surface area contributed by atoms with Crippen LogP contribution in [0, 0.1) is 0 Å². The minimum atomic E-state index is -7.92. The molecule has 0 aliphatic heterocycles. The van der Waals surface area contributed by atoms with Crippen LogP contribution in [0.25, 0.3) is 11.4 Å². The molecule has 0 unspecified atom stereocenters. The van der Waals surface area contributed by atoms with Crippen LogP contribution < -0.4 is 4.74 Å². The smallest absolute Gasteiger partial charge is 0.460 e. The zero-order chi connectivity index (χ0) is 37.4. The minimum absolute atomic E-state index is 0.132. The number of hydrogen-bond acceptors (Lipinski definition) is 6. The summed E-state index contributed by atoms with van der Waals surface area (Å²) in [7, 11) is 0. The standard InChI is InChI=1S/C28H29F15N2O4/c1-2-3-4-5-6-7-8-18-15-44-21(45-16-18)19-9-11-20(12-10-19)47-14-13-46-17-22(29,30)48-27(40,41)28(42,43)49-26(38,39)24(33,34)23(31,32)25(35,36)37/h9-12,15-16H,2-8,13-14,17H2,1H3. The predicted molar refractivity (Wildman–Crippen MR) is 139 cm³/mol. The molecule has 0 fully saturated rings.